The van der Waals surface area contributed by atoms with Crippen LogP contribution in [0.1, 0.15) is 43.4 Å². The number of fused-ring (bicyclic) bond motifs is 1. The van der Waals surface area contributed by atoms with Crippen LogP contribution in [0, 0.1) is 11.3 Å². The molecular formula is C28H36Cl2N8. The van der Waals surface area contributed by atoms with E-state index in [9.17, 15) is 5.26 Å². The highest BCUT2D eigenvalue weighted by atomic mass is 35.5. The van der Waals surface area contributed by atoms with Gasteiger partial charge in [-0.2, -0.15) is 14.9 Å². The fraction of sp³-hybridized carbons (Fsp3) is 0.536. The molecule has 8 nitrogen and oxygen atoms in total. The van der Waals surface area contributed by atoms with Crippen LogP contribution in [0.2, 0.25) is 0 Å². The van der Waals surface area contributed by atoms with Gasteiger partial charge in [0.25, 0.3) is 0 Å². The lowest BCUT2D eigenvalue weighted by Crippen LogP contribution is -2.46. The van der Waals surface area contributed by atoms with Crippen LogP contribution in [-0.2, 0) is 6.54 Å². The number of rotatable bonds is 10. The van der Waals surface area contributed by atoms with Gasteiger partial charge in [-0.3, -0.25) is 4.90 Å². The number of nitriles is 1. The number of halogens is 2. The average molecular weight is 556 g/mol. The molecule has 2 aromatic heterocycles. The number of likely N-dealkylation sites (tertiary alicyclic amines) is 2. The van der Waals surface area contributed by atoms with Crippen LogP contribution >= 0.6 is 23.2 Å². The molecule has 10 heteroatoms. The molecule has 2 aliphatic rings. The average Bonchev–Trinajstić information content (AvgIpc) is 3.37. The Bertz CT molecular complexity index is 1240. The van der Waals surface area contributed by atoms with Crippen LogP contribution in [0.5, 0.6) is 0 Å². The Labute approximate surface area is 235 Å². The molecule has 3 aromatic rings. The third-order valence-electron chi connectivity index (χ3n) is 7.69. The summed E-state index contributed by atoms with van der Waals surface area (Å²) in [5.74, 6) is 1.85. The summed E-state index contributed by atoms with van der Waals surface area (Å²) in [6.45, 7) is 6.86. The molecule has 2 aliphatic heterocycles. The van der Waals surface area contributed by atoms with E-state index in [-0.39, 0.29) is 0 Å². The predicted molar refractivity (Wildman–Crippen MR) is 155 cm³/mol. The molecular weight excluding hydrogens is 519 g/mol. The molecule has 4 heterocycles. The van der Waals surface area contributed by atoms with Gasteiger partial charge in [-0.15, -0.1) is 23.2 Å². The van der Waals surface area contributed by atoms with E-state index in [0.717, 1.165) is 55.6 Å². The zero-order valence-corrected chi connectivity index (χ0v) is 23.3. The topological polar surface area (TPSA) is 75.7 Å². The minimum atomic E-state index is 0.475. The molecule has 2 saturated heterocycles. The van der Waals surface area contributed by atoms with Crippen molar-refractivity contribution in [2.45, 2.75) is 44.7 Å². The number of nitrogens with one attached hydrogen (secondary N) is 1. The van der Waals surface area contributed by atoms with Crippen LogP contribution in [0.4, 0.5) is 17.2 Å². The molecule has 0 amide bonds. The molecule has 1 aromatic carbocycles. The first-order chi connectivity index (χ1) is 18.7. The summed E-state index contributed by atoms with van der Waals surface area (Å²) in [6.07, 6.45) is 8.05. The molecule has 0 spiro atoms. The number of piperidine rings is 2. The smallest absolute Gasteiger partial charge is 0.175 e. The third kappa shape index (κ3) is 6.35. The Morgan fingerprint density at radius 2 is 1.79 bits per heavy atom. The Morgan fingerprint density at radius 1 is 1.03 bits per heavy atom. The van der Waals surface area contributed by atoms with Crippen molar-refractivity contribution in [1.29, 1.82) is 5.26 Å². The molecule has 0 atom stereocenters. The summed E-state index contributed by atoms with van der Waals surface area (Å²) in [4.78, 5) is 12.2. The number of benzene rings is 1. The molecule has 2 fully saturated rings. The third-order valence-corrected chi connectivity index (χ3v) is 8.03. The van der Waals surface area contributed by atoms with Gasteiger partial charge >= 0.3 is 0 Å². The Hall–Kier alpha value is -2.57. The first-order valence-corrected chi connectivity index (χ1v) is 14.7. The number of hydrogen-bond acceptors (Lipinski definition) is 7. The quantitative estimate of drug-likeness (QED) is 0.350. The first kappa shape index (κ1) is 27.0. The Morgan fingerprint density at radius 3 is 2.50 bits per heavy atom. The van der Waals surface area contributed by atoms with Gasteiger partial charge in [0, 0.05) is 68.0 Å². The highest BCUT2D eigenvalue weighted by Crippen LogP contribution is 2.26. The zero-order valence-electron chi connectivity index (χ0n) is 21.8. The normalized spacial score (nSPS) is 17.5. The van der Waals surface area contributed by atoms with E-state index < -0.39 is 0 Å². The maximum absolute atomic E-state index is 9.66. The van der Waals surface area contributed by atoms with Crippen LogP contribution in [0.3, 0.4) is 0 Å². The van der Waals surface area contributed by atoms with Gasteiger partial charge in [-0.05, 0) is 57.0 Å². The van der Waals surface area contributed by atoms with Crippen molar-refractivity contribution < 1.29 is 0 Å². The van der Waals surface area contributed by atoms with Crippen LogP contribution in [0.25, 0.3) is 5.65 Å². The van der Waals surface area contributed by atoms with Crippen molar-refractivity contribution in [2.24, 2.45) is 0 Å². The maximum atomic E-state index is 9.66. The summed E-state index contributed by atoms with van der Waals surface area (Å²) in [7, 11) is 0. The van der Waals surface area contributed by atoms with E-state index in [1.165, 1.54) is 45.2 Å². The van der Waals surface area contributed by atoms with Crippen molar-refractivity contribution in [2.75, 3.05) is 61.2 Å². The van der Waals surface area contributed by atoms with Gasteiger partial charge < -0.3 is 15.1 Å². The number of aromatic nitrogens is 3. The number of anilines is 3. The molecule has 38 heavy (non-hydrogen) atoms. The SMILES string of the molecule is N#Cc1cnn2c(Nc3cccc(N(CCCl)CCCl)c3)cc(CN3CCC(N4CCCCC4)CC3)nc12. The lowest BCUT2D eigenvalue weighted by Gasteiger charge is -2.40. The standard InChI is InChI=1S/C28H36Cl2N8/c29-9-15-37(16-10-30)26-6-4-5-23(17-26)33-27-18-24(34-28-22(19-31)20-32-38(27)28)21-35-13-7-25(8-14-35)36-11-2-1-3-12-36/h4-6,17-18,20,25,33H,1-3,7-16,21H2. The fourth-order valence-corrected chi connectivity index (χ4v) is 6.13. The van der Waals surface area contributed by atoms with Gasteiger partial charge in [0.15, 0.2) is 5.65 Å². The molecule has 0 radical (unpaired) electrons. The molecule has 0 bridgehead atoms. The predicted octanol–water partition coefficient (Wildman–Crippen LogP) is 5.08. The number of hydrogen-bond donors (Lipinski definition) is 1. The molecule has 0 unspecified atom stereocenters. The highest BCUT2D eigenvalue weighted by Gasteiger charge is 2.26. The van der Waals surface area contributed by atoms with Crippen LogP contribution in [0.15, 0.2) is 36.5 Å². The van der Waals surface area contributed by atoms with Crippen LogP contribution in [-0.4, -0.2) is 81.5 Å². The fourth-order valence-electron chi connectivity index (χ4n) is 5.72. The van der Waals surface area contributed by atoms with E-state index >= 15 is 0 Å². The minimum Gasteiger partial charge on any atom is -0.369 e. The summed E-state index contributed by atoms with van der Waals surface area (Å²) in [5.41, 5.74) is 3.97. The molecule has 0 aliphatic carbocycles. The van der Waals surface area contributed by atoms with E-state index in [1.807, 2.05) is 12.1 Å². The summed E-state index contributed by atoms with van der Waals surface area (Å²) in [6, 6.07) is 13.2. The molecule has 0 saturated carbocycles. The summed E-state index contributed by atoms with van der Waals surface area (Å²) < 4.78 is 1.71. The zero-order chi connectivity index (χ0) is 26.3. The van der Waals surface area contributed by atoms with Gasteiger partial charge in [0.05, 0.1) is 11.9 Å². The first-order valence-electron chi connectivity index (χ1n) is 13.7. The second-order valence-electron chi connectivity index (χ2n) is 10.2. The Kier molecular flexibility index (Phi) is 9.23. The largest absolute Gasteiger partial charge is 0.369 e. The van der Waals surface area contributed by atoms with E-state index in [0.29, 0.717) is 29.0 Å². The van der Waals surface area contributed by atoms with Gasteiger partial charge in [-0.25, -0.2) is 4.98 Å². The van der Waals surface area contributed by atoms with Crippen molar-refractivity contribution in [3.05, 3.63) is 47.8 Å². The molecule has 5 rings (SSSR count). The number of alkyl halides is 2. The van der Waals surface area contributed by atoms with Gasteiger partial charge in [0.2, 0.25) is 0 Å². The molecule has 1 N–H and O–H groups in total. The summed E-state index contributed by atoms with van der Waals surface area (Å²) >= 11 is 12.1. The van der Waals surface area contributed by atoms with Gasteiger partial charge in [-0.1, -0.05) is 12.5 Å². The van der Waals surface area contributed by atoms with Gasteiger partial charge in [0.1, 0.15) is 17.5 Å². The van der Waals surface area contributed by atoms with E-state index in [1.54, 1.807) is 10.7 Å². The molecule has 202 valence electrons. The van der Waals surface area contributed by atoms with Crippen molar-refractivity contribution >= 4 is 46.0 Å². The van der Waals surface area contributed by atoms with Crippen molar-refractivity contribution in [3.63, 3.8) is 0 Å². The Balaban J connectivity index is 1.34. The lowest BCUT2D eigenvalue weighted by molar-refractivity contribution is 0.0891. The monoisotopic (exact) mass is 554 g/mol. The van der Waals surface area contributed by atoms with Crippen LogP contribution < -0.4 is 10.2 Å². The van der Waals surface area contributed by atoms with E-state index in [2.05, 4.69) is 49.4 Å². The highest BCUT2D eigenvalue weighted by molar-refractivity contribution is 6.18. The van der Waals surface area contributed by atoms with Crippen molar-refractivity contribution in [1.82, 2.24) is 24.4 Å². The maximum Gasteiger partial charge on any atom is 0.175 e. The number of nitrogens with zero attached hydrogens (tertiary/aromatic N) is 7. The second-order valence-corrected chi connectivity index (χ2v) is 10.9. The second kappa shape index (κ2) is 13.0. The minimum absolute atomic E-state index is 0.475. The summed E-state index contributed by atoms with van der Waals surface area (Å²) in [5, 5.41) is 17.6. The lowest BCUT2D eigenvalue weighted by atomic mass is 10.00. The van der Waals surface area contributed by atoms with Crippen molar-refractivity contribution in [3.8, 4) is 6.07 Å². The van der Waals surface area contributed by atoms with E-state index in [4.69, 9.17) is 28.2 Å².